The standard InChI is InChI=1S/C30H27N9O/c31-17-23-8-7-21(18-35-23)30(40)36-22-11-15-38(16-12-22)19-20-5-9-24(10-6-20)39-28(25-3-1-13-33-27(25)32)37-26-4-2-14-34-29(26)39/h1-10,13-14,18,22H,11-12,15-16,19H2,(H2,32,33)(H,36,40). The minimum Gasteiger partial charge on any atom is -0.383 e. The number of imidazole rings is 1. The Labute approximate surface area is 231 Å². The van der Waals surface area contributed by atoms with Gasteiger partial charge in [-0.25, -0.2) is 19.9 Å². The number of anilines is 1. The normalized spacial score (nSPS) is 14.2. The van der Waals surface area contributed by atoms with Crippen molar-refractivity contribution in [3.05, 3.63) is 96.1 Å². The van der Waals surface area contributed by atoms with Crippen LogP contribution in [-0.2, 0) is 6.54 Å². The van der Waals surface area contributed by atoms with Crippen molar-refractivity contribution in [1.82, 2.24) is 34.7 Å². The number of piperidine rings is 1. The summed E-state index contributed by atoms with van der Waals surface area (Å²) in [5, 5.41) is 12.0. The van der Waals surface area contributed by atoms with Crippen LogP contribution in [0.5, 0.6) is 0 Å². The highest BCUT2D eigenvalue weighted by molar-refractivity contribution is 5.94. The lowest BCUT2D eigenvalue weighted by Gasteiger charge is -2.32. The van der Waals surface area contributed by atoms with Crippen molar-refractivity contribution in [3.63, 3.8) is 0 Å². The van der Waals surface area contributed by atoms with E-state index in [0.29, 0.717) is 22.9 Å². The number of hydrogen-bond donors (Lipinski definition) is 2. The SMILES string of the molecule is N#Cc1ccc(C(=O)NC2CCN(Cc3ccc(-n4c(-c5cccnc5N)nc5cccnc54)cc3)CC2)cn1. The van der Waals surface area contributed by atoms with Gasteiger partial charge >= 0.3 is 0 Å². The van der Waals surface area contributed by atoms with Crippen LogP contribution in [0.4, 0.5) is 5.82 Å². The maximum atomic E-state index is 12.6. The zero-order valence-electron chi connectivity index (χ0n) is 21.7. The summed E-state index contributed by atoms with van der Waals surface area (Å²) in [5.41, 5.74) is 11.4. The highest BCUT2D eigenvalue weighted by Gasteiger charge is 2.22. The summed E-state index contributed by atoms with van der Waals surface area (Å²) in [6, 6.07) is 21.3. The number of rotatable bonds is 6. The molecule has 6 rings (SSSR count). The number of nitrogen functional groups attached to an aromatic ring is 1. The molecule has 1 aliphatic rings. The molecule has 40 heavy (non-hydrogen) atoms. The number of pyridine rings is 3. The lowest BCUT2D eigenvalue weighted by Crippen LogP contribution is -2.44. The summed E-state index contributed by atoms with van der Waals surface area (Å²) in [5.74, 6) is 0.969. The average molecular weight is 530 g/mol. The first kappa shape index (κ1) is 25.2. The predicted octanol–water partition coefficient (Wildman–Crippen LogP) is 3.73. The molecular formula is C30H27N9O. The van der Waals surface area contributed by atoms with Crippen LogP contribution in [0.3, 0.4) is 0 Å². The number of carbonyl (C=O) groups is 1. The Morgan fingerprint density at radius 3 is 2.50 bits per heavy atom. The van der Waals surface area contributed by atoms with Gasteiger partial charge in [0.15, 0.2) is 11.5 Å². The second kappa shape index (κ2) is 10.9. The van der Waals surface area contributed by atoms with E-state index in [9.17, 15) is 4.79 Å². The molecule has 198 valence electrons. The minimum absolute atomic E-state index is 0.113. The van der Waals surface area contributed by atoms with E-state index in [0.717, 1.165) is 54.9 Å². The van der Waals surface area contributed by atoms with Gasteiger partial charge in [-0.1, -0.05) is 12.1 Å². The van der Waals surface area contributed by atoms with Gasteiger partial charge < -0.3 is 11.1 Å². The Balaban J connectivity index is 1.12. The maximum absolute atomic E-state index is 12.6. The topological polar surface area (TPSA) is 139 Å². The maximum Gasteiger partial charge on any atom is 0.253 e. The zero-order chi connectivity index (χ0) is 27.5. The molecule has 1 saturated heterocycles. The van der Waals surface area contributed by atoms with Gasteiger partial charge in [0.25, 0.3) is 5.91 Å². The Kier molecular flexibility index (Phi) is 6.87. The Morgan fingerprint density at radius 2 is 1.77 bits per heavy atom. The number of aromatic nitrogens is 5. The third-order valence-corrected chi connectivity index (χ3v) is 7.16. The zero-order valence-corrected chi connectivity index (χ0v) is 21.7. The number of amides is 1. The third-order valence-electron chi connectivity index (χ3n) is 7.16. The van der Waals surface area contributed by atoms with Crippen molar-refractivity contribution in [2.45, 2.75) is 25.4 Å². The second-order valence-corrected chi connectivity index (χ2v) is 9.79. The number of fused-ring (bicyclic) bond motifs is 1. The highest BCUT2D eigenvalue weighted by atomic mass is 16.1. The van der Waals surface area contributed by atoms with Crippen LogP contribution in [0.2, 0.25) is 0 Å². The molecule has 10 heteroatoms. The number of nitrogens with one attached hydrogen (secondary N) is 1. The van der Waals surface area contributed by atoms with Gasteiger partial charge in [0.2, 0.25) is 0 Å². The Hall–Kier alpha value is -5.14. The van der Waals surface area contributed by atoms with Crippen LogP contribution in [0.25, 0.3) is 28.2 Å². The lowest BCUT2D eigenvalue weighted by molar-refractivity contribution is 0.0908. The molecule has 3 N–H and O–H groups in total. The van der Waals surface area contributed by atoms with Crippen molar-refractivity contribution in [1.29, 1.82) is 5.26 Å². The van der Waals surface area contributed by atoms with Crippen LogP contribution in [-0.4, -0.2) is 54.4 Å². The highest BCUT2D eigenvalue weighted by Crippen LogP contribution is 2.30. The Morgan fingerprint density at radius 1 is 1.00 bits per heavy atom. The third kappa shape index (κ3) is 5.10. The summed E-state index contributed by atoms with van der Waals surface area (Å²) in [4.78, 5) is 32.6. The first-order valence-electron chi connectivity index (χ1n) is 13.1. The monoisotopic (exact) mass is 529 g/mol. The molecule has 5 aromatic rings. The number of hydrogen-bond acceptors (Lipinski definition) is 8. The molecular weight excluding hydrogens is 502 g/mol. The molecule has 4 aromatic heterocycles. The average Bonchev–Trinajstić information content (AvgIpc) is 3.38. The van der Waals surface area contributed by atoms with E-state index in [2.05, 4.69) is 49.4 Å². The molecule has 1 amide bonds. The molecule has 0 saturated carbocycles. The minimum atomic E-state index is -0.153. The first-order valence-corrected chi connectivity index (χ1v) is 13.1. The Bertz CT molecular complexity index is 1700. The van der Waals surface area contributed by atoms with Gasteiger partial charge in [0, 0.05) is 50.0 Å². The summed E-state index contributed by atoms with van der Waals surface area (Å²) in [7, 11) is 0. The summed E-state index contributed by atoms with van der Waals surface area (Å²) < 4.78 is 2.02. The lowest BCUT2D eigenvalue weighted by atomic mass is 10.0. The summed E-state index contributed by atoms with van der Waals surface area (Å²) in [6.45, 7) is 2.60. The number of nitriles is 1. The van der Waals surface area contributed by atoms with Gasteiger partial charge in [-0.3, -0.25) is 14.3 Å². The number of carbonyl (C=O) groups excluding carboxylic acids is 1. The van der Waals surface area contributed by atoms with Crippen LogP contribution in [0, 0.1) is 11.3 Å². The molecule has 1 fully saturated rings. The van der Waals surface area contributed by atoms with Gasteiger partial charge in [0.1, 0.15) is 23.1 Å². The van der Waals surface area contributed by atoms with E-state index in [4.69, 9.17) is 16.0 Å². The molecule has 1 aromatic carbocycles. The fourth-order valence-electron chi connectivity index (χ4n) is 5.05. The van der Waals surface area contributed by atoms with Gasteiger partial charge in [0.05, 0.1) is 11.1 Å². The quantitative estimate of drug-likeness (QED) is 0.339. The van der Waals surface area contributed by atoms with E-state index >= 15 is 0 Å². The fourth-order valence-corrected chi connectivity index (χ4v) is 5.05. The van der Waals surface area contributed by atoms with Gasteiger partial charge in [-0.2, -0.15) is 5.26 Å². The van der Waals surface area contributed by atoms with Crippen molar-refractivity contribution >= 4 is 22.9 Å². The molecule has 1 aliphatic heterocycles. The molecule has 0 radical (unpaired) electrons. The molecule has 0 unspecified atom stereocenters. The molecule has 5 heterocycles. The van der Waals surface area contributed by atoms with E-state index in [1.54, 1.807) is 24.5 Å². The van der Waals surface area contributed by atoms with Crippen molar-refractivity contribution < 1.29 is 4.79 Å². The molecule has 0 bridgehead atoms. The molecule has 0 atom stereocenters. The first-order chi connectivity index (χ1) is 19.6. The number of benzene rings is 1. The van der Waals surface area contributed by atoms with Crippen molar-refractivity contribution in [2.75, 3.05) is 18.8 Å². The predicted molar refractivity (Wildman–Crippen MR) is 151 cm³/mol. The van der Waals surface area contributed by atoms with Crippen LogP contribution in [0.1, 0.15) is 34.5 Å². The van der Waals surface area contributed by atoms with E-state index in [1.165, 1.54) is 11.8 Å². The van der Waals surface area contributed by atoms with Crippen molar-refractivity contribution in [2.24, 2.45) is 0 Å². The summed E-state index contributed by atoms with van der Waals surface area (Å²) in [6.07, 6.45) is 6.62. The molecule has 10 nitrogen and oxygen atoms in total. The van der Waals surface area contributed by atoms with Crippen LogP contribution >= 0.6 is 0 Å². The van der Waals surface area contributed by atoms with Crippen LogP contribution < -0.4 is 11.1 Å². The largest absolute Gasteiger partial charge is 0.383 e. The van der Waals surface area contributed by atoms with Gasteiger partial charge in [-0.15, -0.1) is 0 Å². The van der Waals surface area contributed by atoms with Crippen LogP contribution in [0.15, 0.2) is 79.3 Å². The van der Waals surface area contributed by atoms with Gasteiger partial charge in [-0.05, 0) is 66.9 Å². The van der Waals surface area contributed by atoms with E-state index in [1.807, 2.05) is 34.9 Å². The second-order valence-electron chi connectivity index (χ2n) is 9.79. The smallest absolute Gasteiger partial charge is 0.253 e. The van der Waals surface area contributed by atoms with E-state index in [-0.39, 0.29) is 11.9 Å². The number of nitrogens with two attached hydrogens (primary N) is 1. The van der Waals surface area contributed by atoms with E-state index < -0.39 is 0 Å². The molecule has 0 aliphatic carbocycles. The van der Waals surface area contributed by atoms with Crippen molar-refractivity contribution in [3.8, 4) is 23.1 Å². The summed E-state index contributed by atoms with van der Waals surface area (Å²) >= 11 is 0. The fraction of sp³-hybridized carbons (Fsp3) is 0.200. The number of nitrogens with zero attached hydrogens (tertiary/aromatic N) is 7. The number of likely N-dealkylation sites (tertiary alicyclic amines) is 1. The molecule has 0 spiro atoms.